The molecule has 148 valence electrons. The van der Waals surface area contributed by atoms with Crippen LogP contribution in [-0.4, -0.2) is 47.9 Å². The maximum absolute atomic E-state index is 12.7. The summed E-state index contributed by atoms with van der Waals surface area (Å²) in [5.41, 5.74) is 1.38. The predicted octanol–water partition coefficient (Wildman–Crippen LogP) is 4.87. The lowest BCUT2D eigenvalue weighted by molar-refractivity contribution is 0.0762. The van der Waals surface area contributed by atoms with Gasteiger partial charge in [0.25, 0.3) is 5.91 Å². The summed E-state index contributed by atoms with van der Waals surface area (Å²) in [5, 5.41) is 5.81. The molecule has 0 aliphatic carbocycles. The van der Waals surface area contributed by atoms with E-state index in [1.165, 1.54) is 0 Å². The Morgan fingerprint density at radius 3 is 2.28 bits per heavy atom. The van der Waals surface area contributed by atoms with E-state index in [0.717, 1.165) is 22.9 Å². The molecule has 1 aliphatic heterocycles. The van der Waals surface area contributed by atoms with Crippen LogP contribution in [0.2, 0.25) is 5.02 Å². The van der Waals surface area contributed by atoms with Gasteiger partial charge in [-0.2, -0.15) is 0 Å². The molecule has 1 fully saturated rings. The van der Waals surface area contributed by atoms with Crippen molar-refractivity contribution in [1.29, 1.82) is 0 Å². The van der Waals surface area contributed by atoms with Crippen molar-refractivity contribution in [1.82, 2.24) is 9.80 Å². The van der Waals surface area contributed by atoms with Gasteiger partial charge in [0, 0.05) is 42.5 Å². The topological polar surface area (TPSA) is 52.7 Å². The Morgan fingerprint density at radius 2 is 1.48 bits per heavy atom. The number of anilines is 1. The van der Waals surface area contributed by atoms with E-state index in [2.05, 4.69) is 5.32 Å². The highest BCUT2D eigenvalue weighted by molar-refractivity contribution is 6.30. The lowest BCUT2D eigenvalue weighted by atomic mass is 10.1. The van der Waals surface area contributed by atoms with E-state index in [9.17, 15) is 9.59 Å². The Balaban J connectivity index is 1.38. The average Bonchev–Trinajstić information content (AvgIpc) is 3.00. The molecule has 1 aliphatic rings. The summed E-state index contributed by atoms with van der Waals surface area (Å²) in [6, 6.07) is 20.7. The van der Waals surface area contributed by atoms with Gasteiger partial charge in [-0.05, 0) is 53.6 Å². The number of rotatable bonds is 2. The van der Waals surface area contributed by atoms with Crippen LogP contribution in [0.25, 0.3) is 10.8 Å². The van der Waals surface area contributed by atoms with Crippen LogP contribution >= 0.6 is 11.6 Å². The number of carbonyl (C=O) groups is 2. The summed E-state index contributed by atoms with van der Waals surface area (Å²) in [6.07, 6.45) is 0.741. The number of halogens is 1. The van der Waals surface area contributed by atoms with E-state index in [1.54, 1.807) is 34.1 Å². The first-order valence-electron chi connectivity index (χ1n) is 9.70. The van der Waals surface area contributed by atoms with Gasteiger partial charge in [0.1, 0.15) is 0 Å². The molecule has 29 heavy (non-hydrogen) atoms. The first kappa shape index (κ1) is 19.3. The van der Waals surface area contributed by atoms with E-state index < -0.39 is 0 Å². The minimum absolute atomic E-state index is 0.0292. The smallest absolute Gasteiger partial charge is 0.321 e. The van der Waals surface area contributed by atoms with Crippen LogP contribution in [0.15, 0.2) is 66.7 Å². The van der Waals surface area contributed by atoms with Crippen LogP contribution < -0.4 is 5.32 Å². The number of nitrogens with one attached hydrogen (secondary N) is 1. The summed E-state index contributed by atoms with van der Waals surface area (Å²) < 4.78 is 0. The Hall–Kier alpha value is -3.05. The number of hydrogen-bond acceptors (Lipinski definition) is 2. The van der Waals surface area contributed by atoms with Crippen LogP contribution in [0.3, 0.4) is 0 Å². The number of nitrogens with zero attached hydrogens (tertiary/aromatic N) is 2. The summed E-state index contributed by atoms with van der Waals surface area (Å²) in [4.78, 5) is 29.0. The van der Waals surface area contributed by atoms with Gasteiger partial charge in [0.2, 0.25) is 0 Å². The fraction of sp³-hybridized carbons (Fsp3) is 0.217. The van der Waals surface area contributed by atoms with E-state index in [-0.39, 0.29) is 11.9 Å². The Labute approximate surface area is 174 Å². The van der Waals surface area contributed by atoms with E-state index >= 15 is 0 Å². The largest absolute Gasteiger partial charge is 0.337 e. The number of carbonyl (C=O) groups excluding carboxylic acids is 2. The molecule has 3 aromatic carbocycles. The quantitative estimate of drug-likeness (QED) is 0.658. The predicted molar refractivity (Wildman–Crippen MR) is 117 cm³/mol. The monoisotopic (exact) mass is 407 g/mol. The van der Waals surface area contributed by atoms with Crippen molar-refractivity contribution in [3.05, 3.63) is 77.3 Å². The second-order valence-corrected chi connectivity index (χ2v) is 7.57. The van der Waals surface area contributed by atoms with Crippen molar-refractivity contribution >= 4 is 40.0 Å². The molecule has 0 radical (unpaired) electrons. The van der Waals surface area contributed by atoms with E-state index in [4.69, 9.17) is 11.6 Å². The highest BCUT2D eigenvalue weighted by Gasteiger charge is 2.23. The third kappa shape index (κ3) is 4.51. The number of benzene rings is 3. The van der Waals surface area contributed by atoms with Gasteiger partial charge < -0.3 is 15.1 Å². The van der Waals surface area contributed by atoms with Gasteiger partial charge in [-0.3, -0.25) is 4.79 Å². The zero-order valence-electron chi connectivity index (χ0n) is 16.0. The van der Waals surface area contributed by atoms with Crippen LogP contribution in [0.1, 0.15) is 16.8 Å². The summed E-state index contributed by atoms with van der Waals surface area (Å²) in [5.74, 6) is -0.0292. The third-order valence-electron chi connectivity index (χ3n) is 5.16. The molecular weight excluding hydrogens is 386 g/mol. The molecule has 0 saturated carbocycles. The van der Waals surface area contributed by atoms with Crippen LogP contribution in [0, 0.1) is 0 Å². The lowest BCUT2D eigenvalue weighted by Crippen LogP contribution is -2.39. The molecular formula is C23H22ClN3O2. The Kier molecular flexibility index (Phi) is 5.67. The Morgan fingerprint density at radius 1 is 0.793 bits per heavy atom. The number of amides is 3. The zero-order valence-corrected chi connectivity index (χ0v) is 16.7. The molecule has 5 nitrogen and oxygen atoms in total. The summed E-state index contributed by atoms with van der Waals surface area (Å²) in [6.45, 7) is 2.25. The molecule has 1 heterocycles. The van der Waals surface area contributed by atoms with Gasteiger partial charge >= 0.3 is 6.03 Å². The standard InChI is InChI=1S/C23H22ClN3O2/c24-20-9-6-18(7-10-20)22(28)26-12-3-13-27(15-14-26)23(29)25-21-11-8-17-4-1-2-5-19(17)16-21/h1-2,4-11,16H,3,12-15H2,(H,25,29). The molecule has 0 unspecified atom stereocenters. The minimum Gasteiger partial charge on any atom is -0.337 e. The number of fused-ring (bicyclic) bond motifs is 1. The number of hydrogen-bond donors (Lipinski definition) is 1. The van der Waals surface area contributed by atoms with Crippen molar-refractivity contribution in [2.75, 3.05) is 31.5 Å². The van der Waals surface area contributed by atoms with E-state index in [1.807, 2.05) is 42.5 Å². The third-order valence-corrected chi connectivity index (χ3v) is 5.41. The fourth-order valence-electron chi connectivity index (χ4n) is 3.57. The molecule has 1 saturated heterocycles. The summed E-state index contributed by atoms with van der Waals surface area (Å²) in [7, 11) is 0. The maximum Gasteiger partial charge on any atom is 0.321 e. The Bertz CT molecular complexity index is 1040. The average molecular weight is 408 g/mol. The van der Waals surface area contributed by atoms with Crippen LogP contribution in [0.4, 0.5) is 10.5 Å². The molecule has 0 spiro atoms. The molecule has 0 bridgehead atoms. The first-order chi connectivity index (χ1) is 14.1. The van der Waals surface area contributed by atoms with Crippen molar-refractivity contribution < 1.29 is 9.59 Å². The minimum atomic E-state index is -0.138. The second kappa shape index (κ2) is 8.53. The van der Waals surface area contributed by atoms with Crippen molar-refractivity contribution in [2.45, 2.75) is 6.42 Å². The van der Waals surface area contributed by atoms with Gasteiger partial charge in [-0.1, -0.05) is 41.9 Å². The molecule has 0 aromatic heterocycles. The number of urea groups is 1. The molecule has 4 rings (SSSR count). The van der Waals surface area contributed by atoms with Crippen molar-refractivity contribution in [2.24, 2.45) is 0 Å². The maximum atomic E-state index is 12.7. The van der Waals surface area contributed by atoms with E-state index in [0.29, 0.717) is 36.8 Å². The molecule has 3 aromatic rings. The lowest BCUT2D eigenvalue weighted by Gasteiger charge is -2.22. The van der Waals surface area contributed by atoms with Gasteiger partial charge in [-0.25, -0.2) is 4.79 Å². The SMILES string of the molecule is O=C(Nc1ccc2ccccc2c1)N1CCCN(C(=O)c2ccc(Cl)cc2)CC1. The molecule has 6 heteroatoms. The highest BCUT2D eigenvalue weighted by Crippen LogP contribution is 2.19. The second-order valence-electron chi connectivity index (χ2n) is 7.13. The van der Waals surface area contributed by atoms with Crippen molar-refractivity contribution in [3.63, 3.8) is 0 Å². The van der Waals surface area contributed by atoms with Gasteiger partial charge in [-0.15, -0.1) is 0 Å². The van der Waals surface area contributed by atoms with Gasteiger partial charge in [0.05, 0.1) is 0 Å². The first-order valence-corrected chi connectivity index (χ1v) is 10.1. The molecule has 3 amide bonds. The van der Waals surface area contributed by atoms with Crippen molar-refractivity contribution in [3.8, 4) is 0 Å². The molecule has 0 atom stereocenters. The zero-order chi connectivity index (χ0) is 20.2. The van der Waals surface area contributed by atoms with Gasteiger partial charge in [0.15, 0.2) is 0 Å². The fourth-order valence-corrected chi connectivity index (χ4v) is 3.69. The summed E-state index contributed by atoms with van der Waals surface area (Å²) >= 11 is 5.90. The van der Waals surface area contributed by atoms with Crippen LogP contribution in [0.5, 0.6) is 0 Å². The normalized spacial score (nSPS) is 14.5. The highest BCUT2D eigenvalue weighted by atomic mass is 35.5. The molecule has 1 N–H and O–H groups in total. The van der Waals surface area contributed by atoms with Crippen LogP contribution in [-0.2, 0) is 0 Å².